The van der Waals surface area contributed by atoms with Crippen LogP contribution in [0.2, 0.25) is 0 Å². The predicted molar refractivity (Wildman–Crippen MR) is 45.3 cm³/mol. The molecule has 12 heavy (non-hydrogen) atoms. The van der Waals surface area contributed by atoms with E-state index in [2.05, 4.69) is 15.0 Å². The van der Waals surface area contributed by atoms with Crippen LogP contribution in [0.4, 0.5) is 0 Å². The number of aromatic nitrogens is 3. The average Bonchev–Trinajstić information content (AvgIpc) is 2.35. The van der Waals surface area contributed by atoms with Crippen LogP contribution in [0, 0.1) is 0 Å². The van der Waals surface area contributed by atoms with E-state index in [1.54, 1.807) is 0 Å². The van der Waals surface area contributed by atoms with Gasteiger partial charge in [-0.05, 0) is 18.1 Å². The molecule has 0 unspecified atom stereocenters. The first-order valence-corrected chi connectivity index (χ1v) is 3.16. The van der Waals surface area contributed by atoms with E-state index in [4.69, 9.17) is 8.22 Å². The van der Waals surface area contributed by atoms with Gasteiger partial charge in [0.05, 0.1) is 8.22 Å². The third kappa shape index (κ3) is 1.29. The van der Waals surface area contributed by atoms with E-state index < -0.39 is 18.3 Å². The summed E-state index contributed by atoms with van der Waals surface area (Å²) in [6.07, 6.45) is 0.318. The van der Waals surface area contributed by atoms with Crippen LogP contribution in [0.25, 0.3) is 11.5 Å². The Balaban J connectivity index is 2.67. The van der Waals surface area contributed by atoms with Crippen molar-refractivity contribution in [2.75, 3.05) is 0 Å². The molecule has 2 rings (SSSR count). The molecular formula is C9H7N3. The van der Waals surface area contributed by atoms with Crippen LogP contribution in [0.5, 0.6) is 0 Å². The van der Waals surface area contributed by atoms with Crippen molar-refractivity contribution in [1.82, 2.24) is 15.0 Å². The predicted octanol–water partition coefficient (Wildman–Crippen LogP) is 1.54. The van der Waals surface area contributed by atoms with E-state index in [1.165, 1.54) is 0 Å². The second kappa shape index (κ2) is 3.09. The molecule has 0 bridgehead atoms. The molecule has 2 heterocycles. The van der Waals surface area contributed by atoms with Gasteiger partial charge in [0.1, 0.15) is 5.69 Å². The summed E-state index contributed by atoms with van der Waals surface area (Å²) in [7, 11) is 0. The summed E-state index contributed by atoms with van der Waals surface area (Å²) in [5.74, 6) is -0.0944. The Morgan fingerprint density at radius 1 is 1.00 bits per heavy atom. The van der Waals surface area contributed by atoms with Crippen LogP contribution in [-0.2, 0) is 0 Å². The summed E-state index contributed by atoms with van der Waals surface area (Å²) in [5.41, 5.74) is -0.130. The maximum Gasteiger partial charge on any atom is 0.178 e. The van der Waals surface area contributed by atoms with Crippen LogP contribution in [0.1, 0.15) is 8.22 Å². The molecule has 58 valence electrons. The first kappa shape index (κ1) is 2.94. The SMILES string of the molecule is [2H]c1cnc(-c2nc([2H])c([2H])c([2H])c2[2H])nc1[2H]. The van der Waals surface area contributed by atoms with Crippen LogP contribution in [-0.4, -0.2) is 15.0 Å². The fourth-order valence-corrected chi connectivity index (χ4v) is 0.687. The van der Waals surface area contributed by atoms with Crippen molar-refractivity contribution in [3.8, 4) is 11.5 Å². The van der Waals surface area contributed by atoms with Crippen molar-refractivity contribution in [3.63, 3.8) is 0 Å². The summed E-state index contributed by atoms with van der Waals surface area (Å²) >= 11 is 0. The van der Waals surface area contributed by atoms with Gasteiger partial charge in [-0.15, -0.1) is 0 Å². The molecular weight excluding hydrogens is 150 g/mol. The van der Waals surface area contributed by atoms with Crippen LogP contribution in [0.15, 0.2) is 42.7 Å². The first-order valence-electron chi connectivity index (χ1n) is 6.16. The quantitative estimate of drug-likeness (QED) is 0.640. The molecule has 2 aromatic rings. The molecule has 0 aromatic carbocycles. The highest BCUT2D eigenvalue weighted by Crippen LogP contribution is 2.07. The van der Waals surface area contributed by atoms with Crippen LogP contribution in [0.3, 0.4) is 0 Å². The van der Waals surface area contributed by atoms with Gasteiger partial charge < -0.3 is 0 Å². The van der Waals surface area contributed by atoms with E-state index in [0.717, 1.165) is 6.20 Å². The second-order valence-electron chi connectivity index (χ2n) is 1.90. The molecule has 0 aliphatic carbocycles. The van der Waals surface area contributed by atoms with Crippen LogP contribution >= 0.6 is 0 Å². The molecule has 2 aromatic heterocycles. The third-order valence-electron chi connectivity index (χ3n) is 1.16. The van der Waals surface area contributed by atoms with Gasteiger partial charge >= 0.3 is 0 Å². The smallest absolute Gasteiger partial charge is 0.178 e. The minimum atomic E-state index is -0.448. The van der Waals surface area contributed by atoms with Crippen molar-refractivity contribution < 1.29 is 8.22 Å². The Labute approximate surface area is 78.6 Å². The molecule has 0 amide bonds. The number of hydrogen-bond donors (Lipinski definition) is 0. The Morgan fingerprint density at radius 2 is 1.92 bits per heavy atom. The fraction of sp³-hybridized carbons (Fsp3) is 0. The molecule has 0 saturated heterocycles. The summed E-state index contributed by atoms with van der Waals surface area (Å²) < 4.78 is 44.5. The van der Waals surface area contributed by atoms with Gasteiger partial charge in [0.15, 0.2) is 5.82 Å². The normalized spacial score (nSPS) is 16.7. The number of pyridine rings is 1. The Bertz CT molecular complexity index is 630. The second-order valence-corrected chi connectivity index (χ2v) is 1.90. The van der Waals surface area contributed by atoms with Crippen LogP contribution < -0.4 is 0 Å². The number of hydrogen-bond acceptors (Lipinski definition) is 3. The zero-order chi connectivity index (χ0) is 13.4. The van der Waals surface area contributed by atoms with E-state index in [1.807, 2.05) is 0 Å². The fourth-order valence-electron chi connectivity index (χ4n) is 0.687. The van der Waals surface area contributed by atoms with Crippen molar-refractivity contribution in [1.29, 1.82) is 0 Å². The zero-order valence-electron chi connectivity index (χ0n) is 11.9. The highest BCUT2D eigenvalue weighted by molar-refractivity contribution is 5.47. The molecule has 0 spiro atoms. The van der Waals surface area contributed by atoms with Crippen molar-refractivity contribution in [2.45, 2.75) is 0 Å². The molecule has 3 heteroatoms. The minimum Gasteiger partial charge on any atom is -0.253 e. The monoisotopic (exact) mass is 163 g/mol. The largest absolute Gasteiger partial charge is 0.253 e. The number of nitrogens with zero attached hydrogens (tertiary/aromatic N) is 3. The first-order chi connectivity index (χ1) is 8.41. The molecule has 3 nitrogen and oxygen atoms in total. The lowest BCUT2D eigenvalue weighted by Crippen LogP contribution is -1.88. The highest BCUT2D eigenvalue weighted by Gasteiger charge is 1.97. The Kier molecular flexibility index (Phi) is 0.755. The molecule has 0 saturated carbocycles. The highest BCUT2D eigenvalue weighted by atomic mass is 14.9. The third-order valence-corrected chi connectivity index (χ3v) is 1.16. The Hall–Kier alpha value is -1.77. The standard InChI is InChI=1S/C9H7N3/c1-2-5-10-8(4-1)9-11-6-3-7-12-9/h1-7H/i1D,2D,3D,4D,5D,6D. The number of rotatable bonds is 1. The summed E-state index contributed by atoms with van der Waals surface area (Å²) in [5, 5.41) is 0. The summed E-state index contributed by atoms with van der Waals surface area (Å²) in [6, 6.07) is -1.41. The summed E-state index contributed by atoms with van der Waals surface area (Å²) in [6.45, 7) is 0. The minimum absolute atomic E-state index is 0.0944. The van der Waals surface area contributed by atoms with Crippen molar-refractivity contribution >= 4 is 0 Å². The van der Waals surface area contributed by atoms with Gasteiger partial charge in [-0.1, -0.05) is 6.04 Å². The Morgan fingerprint density at radius 3 is 2.83 bits per heavy atom. The lowest BCUT2D eigenvalue weighted by molar-refractivity contribution is 1.14. The van der Waals surface area contributed by atoms with E-state index >= 15 is 0 Å². The van der Waals surface area contributed by atoms with E-state index in [-0.39, 0.29) is 29.8 Å². The van der Waals surface area contributed by atoms with Gasteiger partial charge in [-0.25, -0.2) is 9.97 Å². The lowest BCUT2D eigenvalue weighted by Gasteiger charge is -1.95. The maximum atomic E-state index is 7.65. The van der Waals surface area contributed by atoms with Crippen molar-refractivity contribution in [3.05, 3.63) is 42.7 Å². The van der Waals surface area contributed by atoms with Gasteiger partial charge in [0.2, 0.25) is 0 Å². The molecule has 0 N–H and O–H groups in total. The molecule has 0 aliphatic rings. The van der Waals surface area contributed by atoms with Crippen molar-refractivity contribution in [2.24, 2.45) is 0 Å². The lowest BCUT2D eigenvalue weighted by atomic mass is 10.3. The molecule has 0 radical (unpaired) electrons. The van der Waals surface area contributed by atoms with Gasteiger partial charge in [0, 0.05) is 18.5 Å². The maximum absolute atomic E-state index is 7.65. The topological polar surface area (TPSA) is 38.7 Å². The van der Waals surface area contributed by atoms with Gasteiger partial charge in [0.25, 0.3) is 0 Å². The molecule has 0 fully saturated rings. The van der Waals surface area contributed by atoms with E-state index in [0.29, 0.717) is 0 Å². The average molecular weight is 163 g/mol. The molecule has 0 aliphatic heterocycles. The zero-order valence-corrected chi connectivity index (χ0v) is 5.92. The molecule has 0 atom stereocenters. The summed E-state index contributed by atoms with van der Waals surface area (Å²) in [4.78, 5) is 11.1. The van der Waals surface area contributed by atoms with E-state index in [9.17, 15) is 0 Å². The van der Waals surface area contributed by atoms with Gasteiger partial charge in [-0.2, -0.15) is 0 Å². The van der Waals surface area contributed by atoms with Gasteiger partial charge in [-0.3, -0.25) is 4.98 Å².